The van der Waals surface area contributed by atoms with Crippen LogP contribution in [0.3, 0.4) is 0 Å². The van der Waals surface area contributed by atoms with Crippen LogP contribution in [0.1, 0.15) is 31.0 Å². The van der Waals surface area contributed by atoms with Crippen LogP contribution >= 0.6 is 0 Å². The SMILES string of the molecule is CCNC(C)c1ccc(N2CCc3ccccc32)nc1. The van der Waals surface area contributed by atoms with Gasteiger partial charge in [0.05, 0.1) is 0 Å². The number of nitrogens with zero attached hydrogens (tertiary/aromatic N) is 2. The molecule has 1 aromatic heterocycles. The Hall–Kier alpha value is -1.87. The highest BCUT2D eigenvalue weighted by Gasteiger charge is 2.20. The normalized spacial score (nSPS) is 15.2. The predicted molar refractivity (Wildman–Crippen MR) is 83.5 cm³/mol. The number of rotatable bonds is 4. The molecule has 1 aliphatic rings. The van der Waals surface area contributed by atoms with Crippen molar-refractivity contribution in [1.29, 1.82) is 0 Å². The molecule has 1 aliphatic heterocycles. The number of hydrogen-bond acceptors (Lipinski definition) is 3. The van der Waals surface area contributed by atoms with Gasteiger partial charge in [0.25, 0.3) is 0 Å². The lowest BCUT2D eigenvalue weighted by atomic mass is 10.1. The van der Waals surface area contributed by atoms with Gasteiger partial charge in [0.1, 0.15) is 5.82 Å². The molecule has 1 unspecified atom stereocenters. The number of pyridine rings is 1. The van der Waals surface area contributed by atoms with E-state index in [1.807, 2.05) is 6.20 Å². The first-order valence-electron chi connectivity index (χ1n) is 7.34. The zero-order valence-corrected chi connectivity index (χ0v) is 12.1. The molecule has 3 heteroatoms. The topological polar surface area (TPSA) is 28.2 Å². The van der Waals surface area contributed by atoms with Crippen molar-refractivity contribution in [3.8, 4) is 0 Å². The van der Waals surface area contributed by atoms with E-state index < -0.39 is 0 Å². The van der Waals surface area contributed by atoms with Crippen LogP contribution in [0.2, 0.25) is 0 Å². The van der Waals surface area contributed by atoms with Crippen molar-refractivity contribution in [2.75, 3.05) is 18.0 Å². The maximum atomic E-state index is 4.65. The molecular weight excluding hydrogens is 246 g/mol. The van der Waals surface area contributed by atoms with Crippen molar-refractivity contribution in [3.05, 3.63) is 53.7 Å². The minimum atomic E-state index is 0.354. The Kier molecular flexibility index (Phi) is 3.70. The van der Waals surface area contributed by atoms with E-state index in [4.69, 9.17) is 0 Å². The Morgan fingerprint density at radius 2 is 2.10 bits per heavy atom. The molecular formula is C17H21N3. The zero-order chi connectivity index (χ0) is 13.9. The van der Waals surface area contributed by atoms with Gasteiger partial charge in [-0.1, -0.05) is 31.2 Å². The van der Waals surface area contributed by atoms with Gasteiger partial charge in [0.15, 0.2) is 0 Å². The monoisotopic (exact) mass is 267 g/mol. The second-order valence-electron chi connectivity index (χ2n) is 5.26. The van der Waals surface area contributed by atoms with Crippen LogP contribution < -0.4 is 10.2 Å². The fourth-order valence-electron chi connectivity index (χ4n) is 2.81. The summed E-state index contributed by atoms with van der Waals surface area (Å²) in [5.74, 6) is 1.04. The van der Waals surface area contributed by atoms with Crippen LogP contribution in [-0.2, 0) is 6.42 Å². The first kappa shape index (κ1) is 13.1. The molecule has 2 aromatic rings. The van der Waals surface area contributed by atoms with E-state index in [2.05, 4.69) is 65.4 Å². The van der Waals surface area contributed by atoms with E-state index in [1.54, 1.807) is 0 Å². The standard InChI is InChI=1S/C17H21N3/c1-3-18-13(2)15-8-9-17(19-12-15)20-11-10-14-6-4-5-7-16(14)20/h4-9,12-13,18H,3,10-11H2,1-2H3. The maximum absolute atomic E-state index is 4.65. The van der Waals surface area contributed by atoms with Gasteiger partial charge in [-0.15, -0.1) is 0 Å². The summed E-state index contributed by atoms with van der Waals surface area (Å²) in [4.78, 5) is 6.95. The van der Waals surface area contributed by atoms with Gasteiger partial charge in [0.2, 0.25) is 0 Å². The summed E-state index contributed by atoms with van der Waals surface area (Å²) < 4.78 is 0. The second-order valence-corrected chi connectivity index (χ2v) is 5.26. The lowest BCUT2D eigenvalue weighted by Crippen LogP contribution is -2.19. The van der Waals surface area contributed by atoms with Gasteiger partial charge in [-0.2, -0.15) is 0 Å². The number of aromatic nitrogens is 1. The summed E-state index contributed by atoms with van der Waals surface area (Å²) in [5, 5.41) is 3.41. The lowest BCUT2D eigenvalue weighted by Gasteiger charge is -2.19. The van der Waals surface area contributed by atoms with E-state index in [1.165, 1.54) is 16.8 Å². The Balaban J connectivity index is 1.82. The third-order valence-electron chi connectivity index (χ3n) is 3.94. The molecule has 3 nitrogen and oxygen atoms in total. The van der Waals surface area contributed by atoms with Gasteiger partial charge in [-0.05, 0) is 43.1 Å². The first-order valence-corrected chi connectivity index (χ1v) is 7.34. The molecule has 0 amide bonds. The summed E-state index contributed by atoms with van der Waals surface area (Å²) in [6, 6.07) is 13.3. The third kappa shape index (κ3) is 2.41. The molecule has 0 spiro atoms. The lowest BCUT2D eigenvalue weighted by molar-refractivity contribution is 0.596. The molecule has 0 saturated carbocycles. The summed E-state index contributed by atoms with van der Waals surface area (Å²) in [5.41, 5.74) is 3.95. The fraction of sp³-hybridized carbons (Fsp3) is 0.353. The molecule has 0 bridgehead atoms. The van der Waals surface area contributed by atoms with Crippen molar-refractivity contribution in [2.45, 2.75) is 26.3 Å². The molecule has 0 aliphatic carbocycles. The average Bonchev–Trinajstić information content (AvgIpc) is 2.92. The highest BCUT2D eigenvalue weighted by molar-refractivity contribution is 5.67. The van der Waals surface area contributed by atoms with E-state index in [0.717, 1.165) is 25.3 Å². The largest absolute Gasteiger partial charge is 0.326 e. The van der Waals surface area contributed by atoms with E-state index in [-0.39, 0.29) is 0 Å². The second kappa shape index (κ2) is 5.63. The van der Waals surface area contributed by atoms with Crippen LogP contribution in [0, 0.1) is 0 Å². The number of benzene rings is 1. The highest BCUT2D eigenvalue weighted by Crippen LogP contribution is 2.33. The smallest absolute Gasteiger partial charge is 0.132 e. The van der Waals surface area contributed by atoms with Gasteiger partial charge in [-0.3, -0.25) is 0 Å². The number of para-hydroxylation sites is 1. The maximum Gasteiger partial charge on any atom is 0.132 e. The van der Waals surface area contributed by atoms with Crippen molar-refractivity contribution >= 4 is 11.5 Å². The fourth-order valence-corrected chi connectivity index (χ4v) is 2.81. The van der Waals surface area contributed by atoms with Gasteiger partial charge in [0, 0.05) is 24.5 Å². The molecule has 2 heterocycles. The van der Waals surface area contributed by atoms with Crippen molar-refractivity contribution in [2.24, 2.45) is 0 Å². The van der Waals surface area contributed by atoms with Crippen molar-refractivity contribution in [1.82, 2.24) is 10.3 Å². The Labute approximate surface area is 120 Å². The minimum absolute atomic E-state index is 0.354. The number of fused-ring (bicyclic) bond motifs is 1. The number of anilines is 2. The highest BCUT2D eigenvalue weighted by atomic mass is 15.2. The molecule has 1 atom stereocenters. The van der Waals surface area contributed by atoms with Crippen LogP contribution in [0.25, 0.3) is 0 Å². The summed E-state index contributed by atoms with van der Waals surface area (Å²) >= 11 is 0. The third-order valence-corrected chi connectivity index (χ3v) is 3.94. The predicted octanol–water partition coefficient (Wildman–Crippen LogP) is 3.45. The van der Waals surface area contributed by atoms with Crippen LogP contribution in [0.5, 0.6) is 0 Å². The quantitative estimate of drug-likeness (QED) is 0.919. The van der Waals surface area contributed by atoms with E-state index in [9.17, 15) is 0 Å². The Bertz CT molecular complexity index is 577. The molecule has 0 saturated heterocycles. The Morgan fingerprint density at radius 3 is 2.85 bits per heavy atom. The molecule has 20 heavy (non-hydrogen) atoms. The molecule has 0 fully saturated rings. The van der Waals surface area contributed by atoms with E-state index >= 15 is 0 Å². The molecule has 1 N–H and O–H groups in total. The average molecular weight is 267 g/mol. The van der Waals surface area contributed by atoms with Gasteiger partial charge >= 0.3 is 0 Å². The molecule has 0 radical (unpaired) electrons. The van der Waals surface area contributed by atoms with Gasteiger partial charge < -0.3 is 10.2 Å². The van der Waals surface area contributed by atoms with Gasteiger partial charge in [-0.25, -0.2) is 4.98 Å². The number of nitrogens with one attached hydrogen (secondary N) is 1. The molecule has 3 rings (SSSR count). The van der Waals surface area contributed by atoms with Crippen LogP contribution in [-0.4, -0.2) is 18.1 Å². The summed E-state index contributed by atoms with van der Waals surface area (Å²) in [7, 11) is 0. The first-order chi connectivity index (χ1) is 9.79. The molecule has 1 aromatic carbocycles. The van der Waals surface area contributed by atoms with Crippen molar-refractivity contribution < 1.29 is 0 Å². The van der Waals surface area contributed by atoms with Crippen molar-refractivity contribution in [3.63, 3.8) is 0 Å². The Morgan fingerprint density at radius 1 is 1.25 bits per heavy atom. The number of hydrogen-bond donors (Lipinski definition) is 1. The zero-order valence-electron chi connectivity index (χ0n) is 12.1. The minimum Gasteiger partial charge on any atom is -0.326 e. The summed E-state index contributed by atoms with van der Waals surface area (Å²) in [6.07, 6.45) is 3.09. The van der Waals surface area contributed by atoms with E-state index in [0.29, 0.717) is 6.04 Å². The van der Waals surface area contributed by atoms with Crippen LogP contribution in [0.4, 0.5) is 11.5 Å². The summed E-state index contributed by atoms with van der Waals surface area (Å²) in [6.45, 7) is 6.29. The van der Waals surface area contributed by atoms with Crippen LogP contribution in [0.15, 0.2) is 42.6 Å². The molecule has 104 valence electrons.